The first-order chi connectivity index (χ1) is 10.3. The summed E-state index contributed by atoms with van der Waals surface area (Å²) in [6, 6.07) is 11.9. The highest BCUT2D eigenvalue weighted by Crippen LogP contribution is 2.33. The van der Waals surface area contributed by atoms with Crippen LogP contribution in [0.3, 0.4) is 0 Å². The van der Waals surface area contributed by atoms with Crippen molar-refractivity contribution in [2.75, 3.05) is 13.1 Å². The molecule has 0 radical (unpaired) electrons. The third-order valence-corrected chi connectivity index (χ3v) is 4.22. The van der Waals surface area contributed by atoms with Gasteiger partial charge in [0.15, 0.2) is 0 Å². The van der Waals surface area contributed by atoms with E-state index >= 15 is 0 Å². The standard InChI is InChI=1S/C17H18N2O2/c20-17(9-12-5-6-12)19-10-14(11-19)21-16-8-7-13-3-1-2-4-15(13)18-16/h1-4,7-8,12,14H,5-6,9-11H2. The number of amides is 1. The van der Waals surface area contributed by atoms with E-state index < -0.39 is 0 Å². The zero-order valence-corrected chi connectivity index (χ0v) is 11.9. The largest absolute Gasteiger partial charge is 0.471 e. The fourth-order valence-electron chi connectivity index (χ4n) is 2.70. The summed E-state index contributed by atoms with van der Waals surface area (Å²) in [5.41, 5.74) is 0.941. The number of carbonyl (C=O) groups is 1. The number of hydrogen-bond acceptors (Lipinski definition) is 3. The van der Waals surface area contributed by atoms with Gasteiger partial charge in [-0.2, -0.15) is 0 Å². The highest BCUT2D eigenvalue weighted by Gasteiger charge is 2.35. The Bertz CT molecular complexity index is 675. The Morgan fingerprint density at radius 3 is 2.81 bits per heavy atom. The molecule has 1 saturated carbocycles. The van der Waals surface area contributed by atoms with Gasteiger partial charge in [-0.1, -0.05) is 18.2 Å². The molecule has 0 unspecified atom stereocenters. The minimum atomic E-state index is 0.0850. The number of hydrogen-bond donors (Lipinski definition) is 0. The lowest BCUT2D eigenvalue weighted by atomic mass is 10.1. The maximum atomic E-state index is 11.9. The fourth-order valence-corrected chi connectivity index (χ4v) is 2.70. The topological polar surface area (TPSA) is 42.4 Å². The molecule has 1 aromatic carbocycles. The van der Waals surface area contributed by atoms with Gasteiger partial charge in [0.25, 0.3) is 0 Å². The van der Waals surface area contributed by atoms with E-state index in [0.717, 1.165) is 17.3 Å². The molecule has 0 N–H and O–H groups in total. The van der Waals surface area contributed by atoms with Crippen LogP contribution in [0.1, 0.15) is 19.3 Å². The van der Waals surface area contributed by atoms with E-state index in [9.17, 15) is 4.79 Å². The predicted octanol–water partition coefficient (Wildman–Crippen LogP) is 2.62. The van der Waals surface area contributed by atoms with Crippen molar-refractivity contribution in [3.63, 3.8) is 0 Å². The van der Waals surface area contributed by atoms with E-state index in [1.54, 1.807) is 0 Å². The lowest BCUT2D eigenvalue weighted by molar-refractivity contribution is -0.140. The van der Waals surface area contributed by atoms with Crippen molar-refractivity contribution in [3.05, 3.63) is 36.4 Å². The molecule has 21 heavy (non-hydrogen) atoms. The number of pyridine rings is 1. The summed E-state index contributed by atoms with van der Waals surface area (Å²) in [7, 11) is 0. The maximum absolute atomic E-state index is 11.9. The zero-order valence-electron chi connectivity index (χ0n) is 11.9. The first-order valence-corrected chi connectivity index (χ1v) is 7.58. The van der Waals surface area contributed by atoms with Crippen molar-refractivity contribution >= 4 is 16.8 Å². The molecule has 4 nitrogen and oxygen atoms in total. The normalized spacial score (nSPS) is 18.6. The molecule has 108 valence electrons. The Kier molecular flexibility index (Phi) is 3.02. The number of aromatic nitrogens is 1. The van der Waals surface area contributed by atoms with E-state index in [2.05, 4.69) is 4.98 Å². The number of likely N-dealkylation sites (tertiary alicyclic amines) is 1. The summed E-state index contributed by atoms with van der Waals surface area (Å²) in [4.78, 5) is 18.3. The molecule has 1 aliphatic carbocycles. The van der Waals surface area contributed by atoms with Crippen LogP contribution in [0.25, 0.3) is 10.9 Å². The number of para-hydroxylation sites is 1. The monoisotopic (exact) mass is 282 g/mol. The Balaban J connectivity index is 1.35. The first-order valence-electron chi connectivity index (χ1n) is 7.58. The summed E-state index contributed by atoms with van der Waals surface area (Å²) in [6.07, 6.45) is 3.25. The second-order valence-electron chi connectivity index (χ2n) is 6.03. The summed E-state index contributed by atoms with van der Waals surface area (Å²) in [5.74, 6) is 1.58. The molecule has 4 heteroatoms. The van der Waals surface area contributed by atoms with E-state index in [0.29, 0.717) is 24.9 Å². The van der Waals surface area contributed by atoms with E-state index in [1.165, 1.54) is 12.8 Å². The van der Waals surface area contributed by atoms with Gasteiger partial charge in [-0.05, 0) is 30.9 Å². The molecule has 2 aromatic rings. The van der Waals surface area contributed by atoms with Gasteiger partial charge >= 0.3 is 0 Å². The molecular weight excluding hydrogens is 264 g/mol. The molecule has 4 rings (SSSR count). The van der Waals surface area contributed by atoms with Crippen LogP contribution in [-0.2, 0) is 4.79 Å². The Morgan fingerprint density at radius 2 is 2.00 bits per heavy atom. The van der Waals surface area contributed by atoms with Crippen LogP contribution in [0.2, 0.25) is 0 Å². The van der Waals surface area contributed by atoms with Gasteiger partial charge in [0.05, 0.1) is 18.6 Å². The van der Waals surface area contributed by atoms with E-state index in [-0.39, 0.29) is 12.0 Å². The smallest absolute Gasteiger partial charge is 0.223 e. The molecule has 1 amide bonds. The Labute approximate surface area is 123 Å². The molecule has 2 fully saturated rings. The Hall–Kier alpha value is -2.10. The highest BCUT2D eigenvalue weighted by atomic mass is 16.5. The van der Waals surface area contributed by atoms with Gasteiger partial charge in [-0.25, -0.2) is 4.98 Å². The van der Waals surface area contributed by atoms with Crippen LogP contribution < -0.4 is 4.74 Å². The molecule has 0 bridgehead atoms. The molecule has 1 aromatic heterocycles. The van der Waals surface area contributed by atoms with Gasteiger partial charge in [0.2, 0.25) is 11.8 Å². The number of carbonyl (C=O) groups excluding carboxylic acids is 1. The third-order valence-electron chi connectivity index (χ3n) is 4.22. The van der Waals surface area contributed by atoms with Crippen molar-refractivity contribution in [1.29, 1.82) is 0 Å². The zero-order chi connectivity index (χ0) is 14.2. The molecular formula is C17H18N2O2. The van der Waals surface area contributed by atoms with Crippen molar-refractivity contribution in [2.45, 2.75) is 25.4 Å². The number of fused-ring (bicyclic) bond motifs is 1. The predicted molar refractivity (Wildman–Crippen MR) is 80.1 cm³/mol. The van der Waals surface area contributed by atoms with Crippen LogP contribution in [0, 0.1) is 5.92 Å². The van der Waals surface area contributed by atoms with Gasteiger partial charge in [-0.15, -0.1) is 0 Å². The average Bonchev–Trinajstić information content (AvgIpc) is 3.26. The van der Waals surface area contributed by atoms with Crippen molar-refractivity contribution in [1.82, 2.24) is 9.88 Å². The Morgan fingerprint density at radius 1 is 1.19 bits per heavy atom. The number of benzene rings is 1. The number of rotatable bonds is 4. The summed E-state index contributed by atoms with van der Waals surface area (Å²) in [6.45, 7) is 1.39. The second kappa shape index (κ2) is 5.02. The second-order valence-corrected chi connectivity index (χ2v) is 6.03. The summed E-state index contributed by atoms with van der Waals surface area (Å²) in [5, 5.41) is 1.11. The molecule has 1 aliphatic heterocycles. The van der Waals surface area contributed by atoms with Gasteiger partial charge < -0.3 is 9.64 Å². The molecule has 2 aliphatic rings. The number of nitrogens with zero attached hydrogens (tertiary/aromatic N) is 2. The molecule has 2 heterocycles. The maximum Gasteiger partial charge on any atom is 0.223 e. The van der Waals surface area contributed by atoms with Gasteiger partial charge in [0, 0.05) is 17.9 Å². The fraction of sp³-hybridized carbons (Fsp3) is 0.412. The van der Waals surface area contributed by atoms with Crippen LogP contribution in [0.5, 0.6) is 5.88 Å². The van der Waals surface area contributed by atoms with Crippen molar-refractivity contribution < 1.29 is 9.53 Å². The summed E-state index contributed by atoms with van der Waals surface area (Å²) >= 11 is 0. The lowest BCUT2D eigenvalue weighted by Crippen LogP contribution is -2.56. The minimum Gasteiger partial charge on any atom is -0.471 e. The SMILES string of the molecule is O=C(CC1CC1)N1CC(Oc2ccc3ccccc3n2)C1. The lowest BCUT2D eigenvalue weighted by Gasteiger charge is -2.38. The van der Waals surface area contributed by atoms with Crippen LogP contribution in [0.15, 0.2) is 36.4 Å². The summed E-state index contributed by atoms with van der Waals surface area (Å²) < 4.78 is 5.85. The minimum absolute atomic E-state index is 0.0850. The molecule has 0 spiro atoms. The van der Waals surface area contributed by atoms with Crippen LogP contribution >= 0.6 is 0 Å². The van der Waals surface area contributed by atoms with Gasteiger partial charge in [0.1, 0.15) is 6.10 Å². The van der Waals surface area contributed by atoms with Crippen molar-refractivity contribution in [2.24, 2.45) is 5.92 Å². The molecule has 1 saturated heterocycles. The molecule has 0 atom stereocenters. The third kappa shape index (κ3) is 2.71. The van der Waals surface area contributed by atoms with Gasteiger partial charge in [-0.3, -0.25) is 4.79 Å². The van der Waals surface area contributed by atoms with Crippen LogP contribution in [0.4, 0.5) is 0 Å². The van der Waals surface area contributed by atoms with Crippen LogP contribution in [-0.4, -0.2) is 35.0 Å². The highest BCUT2D eigenvalue weighted by molar-refractivity contribution is 5.79. The number of ether oxygens (including phenoxy) is 1. The van der Waals surface area contributed by atoms with Crippen molar-refractivity contribution in [3.8, 4) is 5.88 Å². The quantitative estimate of drug-likeness (QED) is 0.865. The first kappa shape index (κ1) is 12.6. The van der Waals surface area contributed by atoms with E-state index in [4.69, 9.17) is 4.74 Å². The average molecular weight is 282 g/mol. The van der Waals surface area contributed by atoms with E-state index in [1.807, 2.05) is 41.3 Å².